The minimum Gasteiger partial charge on any atom is -0.481 e. The van der Waals surface area contributed by atoms with E-state index < -0.39 is 36.5 Å². The second-order valence-electron chi connectivity index (χ2n) is 6.28. The number of methoxy groups -OCH3 is 1. The Kier molecular flexibility index (Phi) is 7.15. The van der Waals surface area contributed by atoms with Crippen LogP contribution in [0.5, 0.6) is 0 Å². The van der Waals surface area contributed by atoms with Crippen molar-refractivity contribution in [2.24, 2.45) is 23.5 Å². The van der Waals surface area contributed by atoms with E-state index in [4.69, 9.17) is 10.8 Å². The van der Waals surface area contributed by atoms with Crippen LogP contribution in [0, 0.1) is 17.8 Å². The third kappa shape index (κ3) is 5.80. The van der Waals surface area contributed by atoms with Crippen LogP contribution in [0.4, 0.5) is 0 Å². The van der Waals surface area contributed by atoms with Gasteiger partial charge in [-0.1, -0.05) is 13.8 Å². The number of carbonyl (C=O) groups excluding carboxylic acids is 3. The van der Waals surface area contributed by atoms with Gasteiger partial charge in [0.05, 0.1) is 19.6 Å². The Bertz CT molecular complexity index is 501. The summed E-state index contributed by atoms with van der Waals surface area (Å²) in [7, 11) is 1.12. The van der Waals surface area contributed by atoms with Gasteiger partial charge in [0, 0.05) is 5.92 Å². The second-order valence-corrected chi connectivity index (χ2v) is 6.28. The van der Waals surface area contributed by atoms with Gasteiger partial charge >= 0.3 is 11.9 Å². The molecule has 24 heavy (non-hydrogen) atoms. The molecule has 5 N–H and O–H groups in total. The first-order chi connectivity index (χ1) is 11.2. The Morgan fingerprint density at radius 3 is 2.12 bits per heavy atom. The van der Waals surface area contributed by atoms with E-state index in [1.54, 1.807) is 0 Å². The number of amides is 2. The van der Waals surface area contributed by atoms with Crippen LogP contribution in [0.3, 0.4) is 0 Å². The highest BCUT2D eigenvalue weighted by molar-refractivity contribution is 5.92. The lowest BCUT2D eigenvalue weighted by Crippen LogP contribution is -2.58. The summed E-state index contributed by atoms with van der Waals surface area (Å²) in [4.78, 5) is 46.7. The van der Waals surface area contributed by atoms with Crippen molar-refractivity contribution in [2.75, 3.05) is 7.11 Å². The fraction of sp³-hybridized carbons (Fsp3) is 0.733. The fourth-order valence-corrected chi connectivity index (χ4v) is 2.56. The van der Waals surface area contributed by atoms with Gasteiger partial charge in [-0.2, -0.15) is 0 Å². The van der Waals surface area contributed by atoms with Crippen molar-refractivity contribution >= 4 is 23.8 Å². The van der Waals surface area contributed by atoms with Crippen LogP contribution in [-0.4, -0.2) is 48.2 Å². The Morgan fingerprint density at radius 1 is 1.17 bits per heavy atom. The molecule has 1 rings (SSSR count). The average molecular weight is 343 g/mol. The van der Waals surface area contributed by atoms with Gasteiger partial charge in [0.15, 0.2) is 0 Å². The van der Waals surface area contributed by atoms with Crippen LogP contribution in [0.2, 0.25) is 0 Å². The van der Waals surface area contributed by atoms with Crippen molar-refractivity contribution in [2.45, 2.75) is 45.3 Å². The summed E-state index contributed by atoms with van der Waals surface area (Å²) in [6, 6.07) is -1.34. The Labute approximate surface area is 140 Å². The summed E-state index contributed by atoms with van der Waals surface area (Å²) in [6.45, 7) is 3.83. The molecule has 0 aromatic heterocycles. The van der Waals surface area contributed by atoms with E-state index >= 15 is 0 Å². The van der Waals surface area contributed by atoms with E-state index in [-0.39, 0.29) is 23.7 Å². The largest absolute Gasteiger partial charge is 0.481 e. The van der Waals surface area contributed by atoms with Gasteiger partial charge < -0.3 is 26.2 Å². The number of aliphatic carboxylic acids is 1. The molecule has 1 fully saturated rings. The number of rotatable bonds is 9. The maximum Gasteiger partial charge on any atom is 0.349 e. The number of hydrogen-bond acceptors (Lipinski definition) is 6. The lowest BCUT2D eigenvalue weighted by Gasteiger charge is -2.24. The number of nitrogens with one attached hydrogen (secondary N) is 2. The minimum atomic E-state index is -1.41. The van der Waals surface area contributed by atoms with Gasteiger partial charge in [0.25, 0.3) is 0 Å². The molecule has 3 atom stereocenters. The van der Waals surface area contributed by atoms with E-state index in [0.717, 1.165) is 20.0 Å². The maximum absolute atomic E-state index is 12.4. The predicted octanol–water partition coefficient (Wildman–Crippen LogP) is -0.798. The van der Waals surface area contributed by atoms with E-state index in [1.165, 1.54) is 0 Å². The first-order valence-electron chi connectivity index (χ1n) is 7.83. The van der Waals surface area contributed by atoms with E-state index in [9.17, 15) is 19.2 Å². The number of hydrogen-bond donors (Lipinski definition) is 4. The molecule has 0 spiro atoms. The van der Waals surface area contributed by atoms with Crippen molar-refractivity contribution < 1.29 is 29.0 Å². The van der Waals surface area contributed by atoms with E-state index in [0.29, 0.717) is 0 Å². The van der Waals surface area contributed by atoms with Crippen LogP contribution in [-0.2, 0) is 23.9 Å². The zero-order valence-corrected chi connectivity index (χ0v) is 14.1. The monoisotopic (exact) mass is 343 g/mol. The number of carbonyl (C=O) groups is 4. The summed E-state index contributed by atoms with van der Waals surface area (Å²) in [5.41, 5.74) is 5.45. The summed E-state index contributed by atoms with van der Waals surface area (Å²) in [5.74, 6) is -3.23. The smallest absolute Gasteiger partial charge is 0.349 e. The van der Waals surface area contributed by atoms with Crippen molar-refractivity contribution in [3.8, 4) is 0 Å². The summed E-state index contributed by atoms with van der Waals surface area (Å²) in [5, 5.41) is 13.3. The SMILES string of the molecule is COC(=O)C(NC(=O)C(C(C)C)C1CC1)NC(=O)[C@@H](N)CC(=O)O. The van der Waals surface area contributed by atoms with E-state index in [1.807, 2.05) is 13.8 Å². The Morgan fingerprint density at radius 2 is 1.71 bits per heavy atom. The maximum atomic E-state index is 12.4. The highest BCUT2D eigenvalue weighted by atomic mass is 16.5. The Hall–Kier alpha value is -2.16. The number of carboxylic acids is 1. The molecule has 0 aliphatic heterocycles. The average Bonchev–Trinajstić information content (AvgIpc) is 3.29. The molecule has 0 saturated heterocycles. The summed E-state index contributed by atoms with van der Waals surface area (Å²) >= 11 is 0. The normalized spacial score (nSPS) is 17.5. The molecule has 0 aromatic rings. The quantitative estimate of drug-likeness (QED) is 0.316. The van der Waals surface area contributed by atoms with Crippen molar-refractivity contribution in [1.29, 1.82) is 0 Å². The number of nitrogens with two attached hydrogens (primary N) is 1. The molecule has 0 bridgehead atoms. The fourth-order valence-electron chi connectivity index (χ4n) is 2.56. The van der Waals surface area contributed by atoms with Gasteiger partial charge in [-0.3, -0.25) is 14.4 Å². The van der Waals surface area contributed by atoms with Gasteiger partial charge in [0.1, 0.15) is 0 Å². The Balaban J connectivity index is 2.74. The molecule has 9 nitrogen and oxygen atoms in total. The van der Waals surface area contributed by atoms with Crippen molar-refractivity contribution in [3.63, 3.8) is 0 Å². The highest BCUT2D eigenvalue weighted by Crippen LogP contribution is 2.40. The highest BCUT2D eigenvalue weighted by Gasteiger charge is 2.39. The van der Waals surface area contributed by atoms with Crippen LogP contribution >= 0.6 is 0 Å². The molecule has 0 radical (unpaired) electrons. The lowest BCUT2D eigenvalue weighted by atomic mass is 9.90. The van der Waals surface area contributed by atoms with Crippen LogP contribution in [0.25, 0.3) is 0 Å². The van der Waals surface area contributed by atoms with E-state index in [2.05, 4.69) is 15.4 Å². The molecular weight excluding hydrogens is 318 g/mol. The topological polar surface area (TPSA) is 148 Å². The minimum absolute atomic E-state index is 0.0840. The van der Waals surface area contributed by atoms with Crippen molar-refractivity contribution in [1.82, 2.24) is 10.6 Å². The lowest BCUT2D eigenvalue weighted by molar-refractivity contribution is -0.149. The second kappa shape index (κ2) is 8.62. The van der Waals surface area contributed by atoms with Crippen molar-refractivity contribution in [3.05, 3.63) is 0 Å². The third-order valence-corrected chi connectivity index (χ3v) is 3.89. The molecule has 1 saturated carbocycles. The van der Waals surface area contributed by atoms with Crippen LogP contribution in [0.1, 0.15) is 33.1 Å². The van der Waals surface area contributed by atoms with Gasteiger partial charge in [0.2, 0.25) is 18.0 Å². The molecule has 0 aromatic carbocycles. The molecular formula is C15H25N3O6. The van der Waals surface area contributed by atoms with Gasteiger partial charge in [-0.25, -0.2) is 4.79 Å². The van der Waals surface area contributed by atoms with Crippen LogP contribution in [0.15, 0.2) is 0 Å². The first kappa shape index (κ1) is 19.9. The number of esters is 1. The van der Waals surface area contributed by atoms with Crippen LogP contribution < -0.4 is 16.4 Å². The molecule has 9 heteroatoms. The van der Waals surface area contributed by atoms with Gasteiger partial charge in [-0.05, 0) is 24.7 Å². The molecule has 0 heterocycles. The molecule has 136 valence electrons. The van der Waals surface area contributed by atoms with Gasteiger partial charge in [-0.15, -0.1) is 0 Å². The standard InChI is InChI=1S/C15H25N3O6/c1-7(2)11(8-4-5-8)14(22)18-12(15(23)24-3)17-13(21)9(16)6-10(19)20/h7-9,11-12H,4-6,16H2,1-3H3,(H,17,21)(H,18,22)(H,19,20)/t9-,11?,12?/m0/s1. The summed E-state index contributed by atoms with van der Waals surface area (Å²) < 4.78 is 4.57. The zero-order chi connectivity index (χ0) is 18.4. The number of carboxylic acid groups (broad SMARTS) is 1. The molecule has 1 aliphatic rings. The molecule has 2 amide bonds. The third-order valence-electron chi connectivity index (χ3n) is 3.89. The first-order valence-corrected chi connectivity index (χ1v) is 7.83. The number of ether oxygens (including phenoxy) is 1. The molecule has 2 unspecified atom stereocenters. The summed E-state index contributed by atoms with van der Waals surface area (Å²) in [6.07, 6.45) is -0.0937. The zero-order valence-electron chi connectivity index (χ0n) is 14.1. The molecule has 1 aliphatic carbocycles. The predicted molar refractivity (Wildman–Crippen MR) is 83.4 cm³/mol.